The van der Waals surface area contributed by atoms with E-state index in [0.29, 0.717) is 35.5 Å². The molecule has 0 aliphatic rings. The van der Waals surface area contributed by atoms with Crippen LogP contribution < -0.4 is 0 Å². The third-order valence-corrected chi connectivity index (χ3v) is 6.95. The molecule has 2 aromatic carbocycles. The lowest BCUT2D eigenvalue weighted by molar-refractivity contribution is 0.0982. The van der Waals surface area contributed by atoms with Gasteiger partial charge in [0, 0.05) is 31.2 Å². The zero-order valence-corrected chi connectivity index (χ0v) is 17.3. The molecule has 4 aromatic rings. The lowest BCUT2D eigenvalue weighted by Crippen LogP contribution is -2.06. The highest BCUT2D eigenvalue weighted by atomic mass is 32.2. The van der Waals surface area contributed by atoms with Gasteiger partial charge < -0.3 is 0 Å². The topological polar surface area (TPSA) is 81.4 Å². The van der Waals surface area contributed by atoms with Gasteiger partial charge in [0.1, 0.15) is 0 Å². The molecule has 0 amide bonds. The molecule has 30 heavy (non-hydrogen) atoms. The number of carbonyl (C=O) groups excluding carboxylic acids is 1. The van der Waals surface area contributed by atoms with Gasteiger partial charge in [0.15, 0.2) is 5.78 Å². The molecular weight excluding hydrogens is 398 g/mol. The largest absolute Gasteiger partial charge is 0.294 e. The summed E-state index contributed by atoms with van der Waals surface area (Å²) in [5.74, 6) is 0.527. The monoisotopic (exact) mass is 419 g/mol. The molecule has 0 N–H and O–H groups in total. The van der Waals surface area contributed by atoms with Gasteiger partial charge in [-0.3, -0.25) is 9.20 Å². The average molecular weight is 420 g/mol. The van der Waals surface area contributed by atoms with Crippen molar-refractivity contribution in [3.8, 4) is 0 Å². The van der Waals surface area contributed by atoms with Gasteiger partial charge in [0.25, 0.3) is 0 Å². The predicted molar refractivity (Wildman–Crippen MR) is 113 cm³/mol. The zero-order chi connectivity index (χ0) is 21.1. The molecule has 4 rings (SSSR count). The zero-order valence-electron chi connectivity index (χ0n) is 16.5. The fraction of sp³-hybridized carbons (Fsp3) is 0.174. The average Bonchev–Trinajstić information content (AvgIpc) is 3.25. The second-order valence-corrected chi connectivity index (χ2v) is 8.93. The molecule has 0 unspecified atom stereocenters. The van der Waals surface area contributed by atoms with E-state index in [0.717, 1.165) is 11.1 Å². The van der Waals surface area contributed by atoms with Gasteiger partial charge in [0.2, 0.25) is 15.6 Å². The third-order valence-electron chi connectivity index (χ3n) is 5.08. The number of benzene rings is 2. The number of aromatic nitrogens is 3. The normalized spacial score (nSPS) is 11.6. The van der Waals surface area contributed by atoms with E-state index in [1.807, 2.05) is 19.1 Å². The fourth-order valence-corrected chi connectivity index (χ4v) is 4.95. The van der Waals surface area contributed by atoms with Crippen LogP contribution in [0.5, 0.6) is 0 Å². The van der Waals surface area contributed by atoms with Crippen LogP contribution in [0.15, 0.2) is 83.1 Å². The lowest BCUT2D eigenvalue weighted by atomic mass is 10.0. The van der Waals surface area contributed by atoms with Crippen molar-refractivity contribution in [2.75, 3.05) is 0 Å². The van der Waals surface area contributed by atoms with Crippen LogP contribution >= 0.6 is 0 Å². The maximum absolute atomic E-state index is 13.0. The summed E-state index contributed by atoms with van der Waals surface area (Å²) in [5, 5.41) is 0. The Labute approximate surface area is 175 Å². The number of rotatable bonds is 7. The van der Waals surface area contributed by atoms with E-state index in [1.54, 1.807) is 59.4 Å². The van der Waals surface area contributed by atoms with E-state index >= 15 is 0 Å². The molecule has 0 aliphatic heterocycles. The van der Waals surface area contributed by atoms with Gasteiger partial charge in [-0.15, -0.1) is 0 Å². The number of nitrogens with zero attached hydrogens (tertiary/aromatic N) is 3. The molecule has 0 spiro atoms. The Kier molecular flexibility index (Phi) is 5.46. The number of sulfone groups is 1. The maximum Gasteiger partial charge on any atom is 0.233 e. The fourth-order valence-electron chi connectivity index (χ4n) is 3.38. The number of hydrogen-bond acceptors (Lipinski definition) is 5. The molecule has 152 valence electrons. The highest BCUT2D eigenvalue weighted by Crippen LogP contribution is 2.25. The molecular formula is C23H21N3O3S. The first-order chi connectivity index (χ1) is 14.5. The third kappa shape index (κ3) is 3.89. The highest BCUT2D eigenvalue weighted by Gasteiger charge is 2.20. The number of hydrogen-bond donors (Lipinski definition) is 0. The first kappa shape index (κ1) is 20.0. The van der Waals surface area contributed by atoms with Crippen LogP contribution in [-0.2, 0) is 22.7 Å². The Morgan fingerprint density at radius 3 is 2.57 bits per heavy atom. The number of ketones is 1. The summed E-state index contributed by atoms with van der Waals surface area (Å²) in [5.41, 5.74) is 2.23. The van der Waals surface area contributed by atoms with Crippen LogP contribution in [0.3, 0.4) is 0 Å². The number of imidazole rings is 1. The quantitative estimate of drug-likeness (QED) is 0.424. The summed E-state index contributed by atoms with van der Waals surface area (Å²) in [4.78, 5) is 21.3. The minimum Gasteiger partial charge on any atom is -0.294 e. The van der Waals surface area contributed by atoms with Crippen molar-refractivity contribution >= 4 is 21.4 Å². The summed E-state index contributed by atoms with van der Waals surface area (Å²) in [6.45, 7) is 1.94. The molecule has 2 heterocycles. The Hall–Kier alpha value is -3.32. The van der Waals surface area contributed by atoms with Crippen LogP contribution in [0, 0.1) is 0 Å². The van der Waals surface area contributed by atoms with Crippen LogP contribution in [0.2, 0.25) is 0 Å². The van der Waals surface area contributed by atoms with Gasteiger partial charge in [-0.1, -0.05) is 37.3 Å². The molecule has 0 radical (unpaired) electrons. The van der Waals surface area contributed by atoms with Crippen LogP contribution in [0.1, 0.15) is 34.8 Å². The minimum atomic E-state index is -3.57. The van der Waals surface area contributed by atoms with Crippen molar-refractivity contribution in [1.82, 2.24) is 14.4 Å². The van der Waals surface area contributed by atoms with Crippen molar-refractivity contribution in [3.05, 3.63) is 90.0 Å². The predicted octanol–water partition coefficient (Wildman–Crippen LogP) is 3.94. The summed E-state index contributed by atoms with van der Waals surface area (Å²) in [6, 6.07) is 13.8. The highest BCUT2D eigenvalue weighted by molar-refractivity contribution is 7.91. The van der Waals surface area contributed by atoms with E-state index in [1.165, 1.54) is 6.20 Å². The Morgan fingerprint density at radius 2 is 1.80 bits per heavy atom. The minimum absolute atomic E-state index is 0.0216. The molecule has 0 fully saturated rings. The summed E-state index contributed by atoms with van der Waals surface area (Å²) >= 11 is 0. The van der Waals surface area contributed by atoms with Gasteiger partial charge >= 0.3 is 0 Å². The van der Waals surface area contributed by atoms with Crippen molar-refractivity contribution in [3.63, 3.8) is 0 Å². The van der Waals surface area contributed by atoms with E-state index in [4.69, 9.17) is 0 Å². The molecule has 0 bridgehead atoms. The Bertz CT molecular complexity index is 1310. The first-order valence-electron chi connectivity index (χ1n) is 9.73. The Balaban J connectivity index is 1.47. The molecule has 0 atom stereocenters. The van der Waals surface area contributed by atoms with Gasteiger partial charge in [-0.2, -0.15) is 0 Å². The lowest BCUT2D eigenvalue weighted by Gasteiger charge is -2.10. The van der Waals surface area contributed by atoms with Gasteiger partial charge in [-0.25, -0.2) is 18.4 Å². The molecule has 0 aliphatic carbocycles. The van der Waals surface area contributed by atoms with Crippen LogP contribution in [0.25, 0.3) is 5.78 Å². The SMILES string of the molecule is CCc1ccccc1S(=O)(=O)c1ccc(CCC(=O)c2cnc3nccn3c2)cc1. The Morgan fingerprint density at radius 1 is 1.03 bits per heavy atom. The van der Waals surface area contributed by atoms with E-state index in [-0.39, 0.29) is 10.7 Å². The molecule has 6 nitrogen and oxygen atoms in total. The van der Waals surface area contributed by atoms with E-state index in [9.17, 15) is 13.2 Å². The second kappa shape index (κ2) is 8.20. The smallest absolute Gasteiger partial charge is 0.233 e. The standard InChI is InChI=1S/C23H21N3O3S/c1-2-18-5-3-4-6-22(18)30(28,29)20-10-7-17(8-11-20)9-12-21(27)19-15-25-23-24-13-14-26(23)16-19/h3-8,10-11,13-16H,2,9,12H2,1H3. The van der Waals surface area contributed by atoms with Crippen molar-refractivity contribution in [2.45, 2.75) is 36.0 Å². The molecule has 0 saturated heterocycles. The number of aryl methyl sites for hydroxylation is 2. The van der Waals surface area contributed by atoms with Crippen molar-refractivity contribution in [1.29, 1.82) is 0 Å². The second-order valence-electron chi connectivity index (χ2n) is 7.01. The van der Waals surface area contributed by atoms with E-state index in [2.05, 4.69) is 9.97 Å². The van der Waals surface area contributed by atoms with Crippen LogP contribution in [0.4, 0.5) is 0 Å². The first-order valence-corrected chi connectivity index (χ1v) is 11.2. The number of Topliss-reactive ketones (excluding diaryl/α,β-unsaturated/α-hetero) is 1. The summed E-state index contributed by atoms with van der Waals surface area (Å²) < 4.78 is 27.7. The summed E-state index contributed by atoms with van der Waals surface area (Å²) in [7, 11) is -3.57. The summed E-state index contributed by atoms with van der Waals surface area (Å²) in [6.07, 6.45) is 8.11. The van der Waals surface area contributed by atoms with Gasteiger partial charge in [-0.05, 0) is 42.2 Å². The molecule has 2 aromatic heterocycles. The van der Waals surface area contributed by atoms with Crippen molar-refractivity contribution in [2.24, 2.45) is 0 Å². The molecule has 0 saturated carbocycles. The van der Waals surface area contributed by atoms with Gasteiger partial charge in [0.05, 0.1) is 15.4 Å². The number of fused-ring (bicyclic) bond motifs is 1. The van der Waals surface area contributed by atoms with E-state index < -0.39 is 9.84 Å². The van der Waals surface area contributed by atoms with Crippen molar-refractivity contribution < 1.29 is 13.2 Å². The maximum atomic E-state index is 13.0. The number of carbonyl (C=O) groups is 1. The van der Waals surface area contributed by atoms with Crippen LogP contribution in [-0.4, -0.2) is 28.6 Å². The molecule has 7 heteroatoms.